The number of rotatable bonds is 3. The van der Waals surface area contributed by atoms with Gasteiger partial charge in [-0.1, -0.05) is 35.9 Å². The third-order valence-corrected chi connectivity index (χ3v) is 2.93. The van der Waals surface area contributed by atoms with Crippen molar-refractivity contribution in [3.8, 4) is 11.1 Å². The molecule has 20 heavy (non-hydrogen) atoms. The molecule has 0 aliphatic carbocycles. The maximum absolute atomic E-state index is 8.91. The summed E-state index contributed by atoms with van der Waals surface area (Å²) < 4.78 is 0. The molecule has 0 aliphatic rings. The van der Waals surface area contributed by atoms with E-state index in [9.17, 15) is 0 Å². The van der Waals surface area contributed by atoms with Crippen LogP contribution in [0.2, 0.25) is 0 Å². The average molecular weight is 306 g/mol. The summed E-state index contributed by atoms with van der Waals surface area (Å²) in [5.74, 6) is 0. The van der Waals surface area contributed by atoms with Crippen LogP contribution in [0, 0.1) is 0 Å². The van der Waals surface area contributed by atoms with Crippen LogP contribution in [-0.2, 0) is 23.5 Å². The number of hydrogen-bond acceptors (Lipinski definition) is 1. The minimum absolute atomic E-state index is 0. The Kier molecular flexibility index (Phi) is 7.67. The standard InChI is InChI=1S/C13H13O.C5H5.Fe/c14-10-9-12-7-4-8-13(12)11-5-2-1-3-6-11;1-2-4-5-3-1;/h1-8,14H,9-10H2;1-5H;/q2*-1;+2. The molecule has 0 radical (unpaired) electrons. The Morgan fingerprint density at radius 1 is 0.900 bits per heavy atom. The second-order valence-corrected chi connectivity index (χ2v) is 4.27. The Bertz CT molecular complexity index is 535. The van der Waals surface area contributed by atoms with Crippen LogP contribution in [-0.4, -0.2) is 11.7 Å². The van der Waals surface area contributed by atoms with E-state index in [1.54, 1.807) is 0 Å². The van der Waals surface area contributed by atoms with Crippen molar-refractivity contribution in [2.24, 2.45) is 0 Å². The molecule has 1 N–H and O–H groups in total. The Balaban J connectivity index is 0.000000283. The van der Waals surface area contributed by atoms with E-state index in [2.05, 4.69) is 24.3 Å². The minimum Gasteiger partial charge on any atom is -0.397 e. The van der Waals surface area contributed by atoms with Crippen LogP contribution in [0.3, 0.4) is 0 Å². The van der Waals surface area contributed by atoms with Crippen LogP contribution < -0.4 is 0 Å². The van der Waals surface area contributed by atoms with Crippen LogP contribution in [0.4, 0.5) is 0 Å². The molecule has 0 spiro atoms. The first-order valence-corrected chi connectivity index (χ1v) is 6.49. The fourth-order valence-corrected chi connectivity index (χ4v) is 2.02. The van der Waals surface area contributed by atoms with Crippen molar-refractivity contribution in [3.63, 3.8) is 0 Å². The zero-order valence-electron chi connectivity index (χ0n) is 11.2. The smallest absolute Gasteiger partial charge is 0.397 e. The van der Waals surface area contributed by atoms with Crippen LogP contribution >= 0.6 is 0 Å². The molecule has 0 amide bonds. The van der Waals surface area contributed by atoms with E-state index in [4.69, 9.17) is 5.11 Å². The van der Waals surface area contributed by atoms with Crippen LogP contribution in [0.5, 0.6) is 0 Å². The topological polar surface area (TPSA) is 20.2 Å². The molecule has 1 nitrogen and oxygen atoms in total. The van der Waals surface area contributed by atoms with Crippen molar-refractivity contribution in [3.05, 3.63) is 84.4 Å². The number of aliphatic hydroxyl groups excluding tert-OH is 1. The van der Waals surface area contributed by atoms with Gasteiger partial charge in [0.05, 0.1) is 0 Å². The molecule has 0 heterocycles. The Morgan fingerprint density at radius 2 is 1.60 bits per heavy atom. The fourth-order valence-electron chi connectivity index (χ4n) is 2.02. The van der Waals surface area contributed by atoms with Crippen LogP contribution in [0.1, 0.15) is 5.56 Å². The van der Waals surface area contributed by atoms with Gasteiger partial charge in [-0.3, -0.25) is 0 Å². The van der Waals surface area contributed by atoms with Gasteiger partial charge in [-0.15, -0.1) is 11.1 Å². The van der Waals surface area contributed by atoms with Crippen molar-refractivity contribution < 1.29 is 22.2 Å². The summed E-state index contributed by atoms with van der Waals surface area (Å²) >= 11 is 0. The second kappa shape index (κ2) is 9.33. The molecule has 3 aromatic carbocycles. The van der Waals surface area contributed by atoms with E-state index in [1.165, 1.54) is 16.7 Å². The summed E-state index contributed by atoms with van der Waals surface area (Å²) in [6.45, 7) is 0.212. The Labute approximate surface area is 131 Å². The van der Waals surface area contributed by atoms with Gasteiger partial charge in [0.2, 0.25) is 0 Å². The predicted octanol–water partition coefficient (Wildman–Crippen LogP) is 4.01. The van der Waals surface area contributed by atoms with E-state index >= 15 is 0 Å². The predicted molar refractivity (Wildman–Crippen MR) is 80.3 cm³/mol. The number of benzene rings is 1. The van der Waals surface area contributed by atoms with E-state index in [-0.39, 0.29) is 23.7 Å². The summed E-state index contributed by atoms with van der Waals surface area (Å²) in [6, 6.07) is 26.5. The van der Waals surface area contributed by atoms with Crippen molar-refractivity contribution in [2.75, 3.05) is 6.61 Å². The SMILES string of the molecule is OCC[c-]1cccc1-c1ccccc1.[Fe+2].c1cc[cH-]c1. The van der Waals surface area contributed by atoms with Gasteiger partial charge >= 0.3 is 17.1 Å². The Hall–Kier alpha value is -1.60. The molecule has 0 unspecified atom stereocenters. The van der Waals surface area contributed by atoms with Crippen LogP contribution in [0.25, 0.3) is 11.1 Å². The first-order chi connectivity index (χ1) is 9.42. The first kappa shape index (κ1) is 16.5. The molecule has 0 aliphatic heterocycles. The largest absolute Gasteiger partial charge is 2.00 e. The molecule has 104 valence electrons. The van der Waals surface area contributed by atoms with Gasteiger partial charge in [-0.2, -0.15) is 36.4 Å². The van der Waals surface area contributed by atoms with Gasteiger partial charge in [0.15, 0.2) is 0 Å². The van der Waals surface area contributed by atoms with Crippen molar-refractivity contribution in [2.45, 2.75) is 6.42 Å². The number of aliphatic hydroxyl groups is 1. The van der Waals surface area contributed by atoms with Gasteiger partial charge in [-0.25, -0.2) is 12.1 Å². The van der Waals surface area contributed by atoms with Gasteiger partial charge in [-0.05, 0) is 6.42 Å². The summed E-state index contributed by atoms with van der Waals surface area (Å²) in [7, 11) is 0. The van der Waals surface area contributed by atoms with Crippen LogP contribution in [0.15, 0.2) is 78.9 Å². The summed E-state index contributed by atoms with van der Waals surface area (Å²) in [5, 5.41) is 8.91. The second-order valence-electron chi connectivity index (χ2n) is 4.27. The van der Waals surface area contributed by atoms with Gasteiger partial charge < -0.3 is 5.11 Å². The van der Waals surface area contributed by atoms with Gasteiger partial charge in [0.1, 0.15) is 0 Å². The average Bonchev–Trinajstić information content (AvgIpc) is 3.15. The molecule has 0 aromatic heterocycles. The van der Waals surface area contributed by atoms with Gasteiger partial charge in [0, 0.05) is 6.61 Å². The quantitative estimate of drug-likeness (QED) is 0.572. The molecular weight excluding hydrogens is 288 g/mol. The zero-order valence-corrected chi connectivity index (χ0v) is 12.3. The minimum atomic E-state index is 0. The zero-order chi connectivity index (χ0) is 13.3. The third kappa shape index (κ3) is 4.82. The van der Waals surface area contributed by atoms with E-state index in [0.29, 0.717) is 0 Å². The third-order valence-electron chi connectivity index (χ3n) is 2.93. The van der Waals surface area contributed by atoms with E-state index in [0.717, 1.165) is 6.42 Å². The van der Waals surface area contributed by atoms with Gasteiger partial charge in [0.25, 0.3) is 0 Å². The van der Waals surface area contributed by atoms with E-state index < -0.39 is 0 Å². The molecule has 3 aromatic rings. The molecule has 3 rings (SSSR count). The normalized spacial score (nSPS) is 9.25. The molecule has 0 atom stereocenters. The fraction of sp³-hybridized carbons (Fsp3) is 0.111. The molecule has 2 heteroatoms. The molecular formula is C18H18FeO. The summed E-state index contributed by atoms with van der Waals surface area (Å²) in [5.41, 5.74) is 3.68. The maximum atomic E-state index is 8.91. The van der Waals surface area contributed by atoms with Crippen molar-refractivity contribution in [1.29, 1.82) is 0 Å². The monoisotopic (exact) mass is 306 g/mol. The number of hydrogen-bond donors (Lipinski definition) is 1. The van der Waals surface area contributed by atoms with Crippen molar-refractivity contribution >= 4 is 0 Å². The van der Waals surface area contributed by atoms with E-state index in [1.807, 2.05) is 54.6 Å². The summed E-state index contributed by atoms with van der Waals surface area (Å²) in [4.78, 5) is 0. The molecule has 0 saturated heterocycles. The molecule has 0 bridgehead atoms. The first-order valence-electron chi connectivity index (χ1n) is 6.49. The van der Waals surface area contributed by atoms with Crippen molar-refractivity contribution in [1.82, 2.24) is 0 Å². The molecule has 0 fully saturated rings. The maximum Gasteiger partial charge on any atom is 2.00 e. The Morgan fingerprint density at radius 3 is 2.15 bits per heavy atom. The summed E-state index contributed by atoms with van der Waals surface area (Å²) in [6.07, 6.45) is 0.733. The molecule has 0 saturated carbocycles.